The lowest BCUT2D eigenvalue weighted by Gasteiger charge is -2.17. The Morgan fingerprint density at radius 2 is 1.83 bits per heavy atom. The Hall–Kier alpha value is -2.04. The van der Waals surface area contributed by atoms with Crippen LogP contribution in [0.1, 0.15) is 51.2 Å². The van der Waals surface area contributed by atoms with Crippen LogP contribution in [0.4, 0.5) is 0 Å². The van der Waals surface area contributed by atoms with E-state index >= 15 is 0 Å². The van der Waals surface area contributed by atoms with Crippen molar-refractivity contribution in [3.63, 3.8) is 0 Å². The van der Waals surface area contributed by atoms with Gasteiger partial charge in [0.1, 0.15) is 36.9 Å². The molecule has 0 bridgehead atoms. The van der Waals surface area contributed by atoms with E-state index in [0.29, 0.717) is 13.2 Å². The van der Waals surface area contributed by atoms with E-state index in [1.165, 1.54) is 22.3 Å². The topological polar surface area (TPSA) is 43.5 Å². The van der Waals surface area contributed by atoms with Crippen LogP contribution < -0.4 is 4.74 Å². The van der Waals surface area contributed by atoms with Crippen molar-refractivity contribution in [1.82, 2.24) is 0 Å². The van der Waals surface area contributed by atoms with Gasteiger partial charge in [-0.1, -0.05) is 44.9 Å². The average Bonchev–Trinajstić information content (AvgIpc) is 3.65. The van der Waals surface area contributed by atoms with Crippen LogP contribution >= 0.6 is 0 Å². The van der Waals surface area contributed by atoms with Gasteiger partial charge in [0, 0.05) is 0 Å². The molecule has 2 unspecified atom stereocenters. The summed E-state index contributed by atoms with van der Waals surface area (Å²) in [4.78, 5) is 0. The van der Waals surface area contributed by atoms with Gasteiger partial charge in [0.05, 0.1) is 13.2 Å². The second-order valence-corrected chi connectivity index (χ2v) is 8.10. The second kappa shape index (κ2) is 11.4. The molecule has 1 aromatic rings. The Bertz CT molecular complexity index is 769. The highest BCUT2D eigenvalue weighted by Crippen LogP contribution is 2.27. The second-order valence-electron chi connectivity index (χ2n) is 8.10. The molecule has 164 valence electrons. The molecular weight excluding hydrogens is 376 g/mol. The number of ether oxygens (including phenoxy) is 4. The van der Waals surface area contributed by atoms with Crippen molar-refractivity contribution in [3.05, 3.63) is 65.0 Å². The average molecular weight is 413 g/mol. The van der Waals surface area contributed by atoms with Crippen LogP contribution in [-0.2, 0) is 27.1 Å². The third-order valence-corrected chi connectivity index (χ3v) is 5.36. The number of hydrogen-bond donors (Lipinski definition) is 0. The third kappa shape index (κ3) is 7.33. The largest absolute Gasteiger partial charge is 0.491 e. The van der Waals surface area contributed by atoms with E-state index in [1.54, 1.807) is 0 Å². The predicted octanol–water partition coefficient (Wildman–Crippen LogP) is 5.56. The molecule has 2 atom stereocenters. The fourth-order valence-electron chi connectivity index (χ4n) is 3.40. The Balaban J connectivity index is 1.80. The standard InChI is InChI=1S/C26H36O4/c1-5-8-19(4)21(13-23(7-3)27-15-25-17-29-25)12-22-14-24(28-16-26-18-30-26)11-10-20(22)9-6-2/h7,10-11,13-14,25-26H,4-6,8-9,12,15-18H2,1-3H3/b21-13-,23-7+. The molecular formula is C26H36O4. The lowest BCUT2D eigenvalue weighted by atomic mass is 9.91. The van der Waals surface area contributed by atoms with E-state index in [-0.39, 0.29) is 12.2 Å². The highest BCUT2D eigenvalue weighted by atomic mass is 16.6. The van der Waals surface area contributed by atoms with E-state index in [1.807, 2.05) is 13.0 Å². The molecule has 30 heavy (non-hydrogen) atoms. The zero-order valence-corrected chi connectivity index (χ0v) is 18.7. The van der Waals surface area contributed by atoms with Crippen LogP contribution in [0.15, 0.2) is 53.8 Å². The van der Waals surface area contributed by atoms with Gasteiger partial charge >= 0.3 is 0 Å². The fraction of sp³-hybridized carbons (Fsp3) is 0.538. The summed E-state index contributed by atoms with van der Waals surface area (Å²) in [5.41, 5.74) is 5.07. The Kier molecular flexibility index (Phi) is 8.59. The first kappa shape index (κ1) is 22.6. The van der Waals surface area contributed by atoms with Gasteiger partial charge in [0.25, 0.3) is 0 Å². The number of aryl methyl sites for hydroxylation is 1. The minimum atomic E-state index is 0.246. The van der Waals surface area contributed by atoms with Gasteiger partial charge in [-0.25, -0.2) is 0 Å². The molecule has 3 rings (SSSR count). The number of allylic oxidation sites excluding steroid dienone is 4. The highest BCUT2D eigenvalue weighted by molar-refractivity contribution is 5.43. The molecule has 2 aliphatic rings. The number of epoxide rings is 2. The first-order valence-electron chi connectivity index (χ1n) is 11.3. The van der Waals surface area contributed by atoms with Gasteiger partial charge in [0.2, 0.25) is 0 Å². The smallest absolute Gasteiger partial charge is 0.119 e. The van der Waals surface area contributed by atoms with Crippen LogP contribution in [0, 0.1) is 0 Å². The van der Waals surface area contributed by atoms with Crippen molar-refractivity contribution in [2.24, 2.45) is 0 Å². The maximum Gasteiger partial charge on any atom is 0.119 e. The number of rotatable bonds is 14. The van der Waals surface area contributed by atoms with Gasteiger partial charge in [-0.15, -0.1) is 0 Å². The summed E-state index contributed by atoms with van der Waals surface area (Å²) in [6.07, 6.45) is 9.72. The quantitative estimate of drug-likeness (QED) is 0.228. The van der Waals surface area contributed by atoms with E-state index < -0.39 is 0 Å². The Morgan fingerprint density at radius 1 is 1.10 bits per heavy atom. The van der Waals surface area contributed by atoms with Crippen LogP contribution in [0.3, 0.4) is 0 Å². The number of benzene rings is 1. The van der Waals surface area contributed by atoms with Crippen molar-refractivity contribution < 1.29 is 18.9 Å². The highest BCUT2D eigenvalue weighted by Gasteiger charge is 2.24. The molecule has 4 nitrogen and oxygen atoms in total. The van der Waals surface area contributed by atoms with E-state index in [2.05, 4.69) is 44.7 Å². The van der Waals surface area contributed by atoms with Gasteiger partial charge in [-0.2, -0.15) is 0 Å². The van der Waals surface area contributed by atoms with Gasteiger partial charge in [-0.05, 0) is 67.2 Å². The molecule has 0 spiro atoms. The summed E-state index contributed by atoms with van der Waals surface area (Å²) in [5.74, 6) is 1.79. The monoisotopic (exact) mass is 412 g/mol. The molecule has 0 aliphatic carbocycles. The van der Waals surface area contributed by atoms with Crippen LogP contribution in [0.25, 0.3) is 0 Å². The molecule has 2 aliphatic heterocycles. The summed E-state index contributed by atoms with van der Waals surface area (Å²) in [7, 11) is 0. The number of hydrogen-bond acceptors (Lipinski definition) is 4. The molecule has 2 fully saturated rings. The summed E-state index contributed by atoms with van der Waals surface area (Å²) < 4.78 is 22.5. The van der Waals surface area contributed by atoms with E-state index in [0.717, 1.165) is 56.8 Å². The summed E-state index contributed by atoms with van der Waals surface area (Å²) in [6, 6.07) is 6.48. The van der Waals surface area contributed by atoms with E-state index in [9.17, 15) is 0 Å². The zero-order chi connectivity index (χ0) is 21.3. The van der Waals surface area contributed by atoms with Crippen LogP contribution in [-0.4, -0.2) is 38.6 Å². The predicted molar refractivity (Wildman–Crippen MR) is 121 cm³/mol. The Morgan fingerprint density at radius 3 is 2.47 bits per heavy atom. The van der Waals surface area contributed by atoms with Crippen molar-refractivity contribution in [2.75, 3.05) is 26.4 Å². The van der Waals surface area contributed by atoms with Gasteiger partial charge in [0.15, 0.2) is 0 Å². The van der Waals surface area contributed by atoms with Crippen molar-refractivity contribution >= 4 is 0 Å². The summed E-state index contributed by atoms with van der Waals surface area (Å²) >= 11 is 0. The fourth-order valence-corrected chi connectivity index (χ4v) is 3.40. The van der Waals surface area contributed by atoms with Gasteiger partial charge < -0.3 is 18.9 Å². The minimum absolute atomic E-state index is 0.246. The van der Waals surface area contributed by atoms with Gasteiger partial charge in [-0.3, -0.25) is 0 Å². The SMILES string of the molecule is C=C(CCC)/C(=C\C(=C/C)OCC1CO1)Cc1cc(OCC2CO2)ccc1CCC. The molecule has 0 amide bonds. The molecule has 0 radical (unpaired) electrons. The normalized spacial score (nSPS) is 20.8. The molecule has 4 heteroatoms. The zero-order valence-electron chi connectivity index (χ0n) is 18.7. The van der Waals surface area contributed by atoms with Crippen LogP contribution in [0.5, 0.6) is 5.75 Å². The first-order chi connectivity index (χ1) is 14.6. The molecule has 2 heterocycles. The summed E-state index contributed by atoms with van der Waals surface area (Å²) in [5, 5.41) is 0. The lowest BCUT2D eigenvalue weighted by molar-refractivity contribution is 0.192. The van der Waals surface area contributed by atoms with E-state index in [4.69, 9.17) is 18.9 Å². The summed E-state index contributed by atoms with van der Waals surface area (Å²) in [6.45, 7) is 13.6. The maximum absolute atomic E-state index is 5.97. The van der Waals surface area contributed by atoms with Crippen molar-refractivity contribution in [3.8, 4) is 5.75 Å². The molecule has 0 N–H and O–H groups in total. The minimum Gasteiger partial charge on any atom is -0.491 e. The molecule has 1 aromatic carbocycles. The third-order valence-electron chi connectivity index (χ3n) is 5.36. The maximum atomic E-state index is 5.97. The molecule has 2 saturated heterocycles. The van der Waals surface area contributed by atoms with Crippen molar-refractivity contribution in [1.29, 1.82) is 0 Å². The molecule has 0 saturated carbocycles. The molecule has 0 aromatic heterocycles. The first-order valence-corrected chi connectivity index (χ1v) is 11.3. The lowest BCUT2D eigenvalue weighted by Crippen LogP contribution is -2.06. The van der Waals surface area contributed by atoms with Crippen molar-refractivity contribution in [2.45, 2.75) is 65.1 Å². The van der Waals surface area contributed by atoms with Crippen LogP contribution in [0.2, 0.25) is 0 Å². The Labute approximate surface area is 181 Å².